The van der Waals surface area contributed by atoms with Crippen molar-refractivity contribution in [2.75, 3.05) is 18.8 Å². The number of amides is 2. The zero-order chi connectivity index (χ0) is 28.0. The van der Waals surface area contributed by atoms with E-state index < -0.39 is 38.7 Å². The van der Waals surface area contributed by atoms with Crippen LogP contribution in [0.1, 0.15) is 74.4 Å². The minimum Gasteiger partial charge on any atom is -0.354 e. The second kappa shape index (κ2) is 16.5. The van der Waals surface area contributed by atoms with Crippen LogP contribution in [-0.2, 0) is 27.6 Å². The van der Waals surface area contributed by atoms with Gasteiger partial charge in [-0.25, -0.2) is 8.42 Å². The molecule has 1 aromatic carbocycles. The van der Waals surface area contributed by atoms with Crippen molar-refractivity contribution in [3.63, 3.8) is 0 Å². The van der Waals surface area contributed by atoms with E-state index in [0.717, 1.165) is 25.8 Å². The molecule has 2 aromatic rings. The second-order valence-electron chi connectivity index (χ2n) is 9.44. The average Bonchev–Trinajstić information content (AvgIpc) is 2.90. The minimum atomic E-state index is -3.63. The van der Waals surface area contributed by atoms with E-state index >= 15 is 0 Å². The van der Waals surface area contributed by atoms with E-state index in [0.29, 0.717) is 32.4 Å². The first-order valence-electron chi connectivity index (χ1n) is 13.4. The molecule has 8 nitrogen and oxygen atoms in total. The van der Waals surface area contributed by atoms with Gasteiger partial charge in [-0.2, -0.15) is 0 Å². The van der Waals surface area contributed by atoms with Crippen molar-refractivity contribution in [2.45, 2.75) is 77.1 Å². The molecule has 3 N–H and O–H groups in total. The number of sulfone groups is 1. The Morgan fingerprint density at radius 2 is 1.71 bits per heavy atom. The zero-order valence-corrected chi connectivity index (χ0v) is 24.2. The number of aryl methyl sites for hydroxylation is 1. The van der Waals surface area contributed by atoms with Crippen LogP contribution in [-0.4, -0.2) is 55.4 Å². The molecule has 0 unspecified atom stereocenters. The fraction of sp³-hybridized carbons (Fsp3) is 0.536. The van der Waals surface area contributed by atoms with Crippen LogP contribution in [0.3, 0.4) is 0 Å². The van der Waals surface area contributed by atoms with Crippen molar-refractivity contribution in [1.29, 1.82) is 0 Å². The number of carbonyl (C=O) groups is 2. The van der Waals surface area contributed by atoms with E-state index in [1.165, 1.54) is 29.6 Å². The number of hydrogen-bond donors (Lipinski definition) is 3. The molecule has 0 saturated carbocycles. The molecule has 0 fully saturated rings. The quantitative estimate of drug-likeness (QED) is 0.249. The van der Waals surface area contributed by atoms with Gasteiger partial charge >= 0.3 is 0 Å². The largest absolute Gasteiger partial charge is 0.354 e. The predicted octanol–water partition coefficient (Wildman–Crippen LogP) is 4.08. The average molecular weight is 565 g/mol. The van der Waals surface area contributed by atoms with Gasteiger partial charge in [0, 0.05) is 25.5 Å². The van der Waals surface area contributed by atoms with Gasteiger partial charge in [0.15, 0.2) is 9.84 Å². The van der Waals surface area contributed by atoms with E-state index in [9.17, 15) is 18.0 Å². The third-order valence-corrected chi connectivity index (χ3v) is 8.77. The van der Waals surface area contributed by atoms with Gasteiger partial charge in [0.25, 0.3) is 5.91 Å². The Labute approximate surface area is 232 Å². The maximum Gasteiger partial charge on any atom is 0.253 e. The summed E-state index contributed by atoms with van der Waals surface area (Å²) in [4.78, 5) is 29.8. The fourth-order valence-corrected chi connectivity index (χ4v) is 6.55. The topological polar surface area (TPSA) is 117 Å². The number of aromatic nitrogens is 1. The van der Waals surface area contributed by atoms with Crippen LogP contribution in [0.4, 0.5) is 0 Å². The van der Waals surface area contributed by atoms with E-state index in [2.05, 4.69) is 46.1 Å². The second-order valence-corrected chi connectivity index (χ2v) is 12.2. The lowest BCUT2D eigenvalue weighted by atomic mass is 10.1. The maximum atomic E-state index is 13.2. The summed E-state index contributed by atoms with van der Waals surface area (Å²) in [5.74, 6) is -1.59. The van der Waals surface area contributed by atoms with Crippen LogP contribution in [0.2, 0.25) is 5.02 Å². The molecule has 2 amide bonds. The fourth-order valence-electron chi connectivity index (χ4n) is 4.22. The third-order valence-electron chi connectivity index (χ3n) is 6.28. The molecule has 0 spiro atoms. The van der Waals surface area contributed by atoms with Crippen LogP contribution in [0.15, 0.2) is 42.7 Å². The lowest BCUT2D eigenvalue weighted by Gasteiger charge is -2.22. The van der Waals surface area contributed by atoms with Crippen molar-refractivity contribution >= 4 is 33.3 Å². The highest BCUT2D eigenvalue weighted by atomic mass is 35.5. The van der Waals surface area contributed by atoms with Crippen LogP contribution < -0.4 is 16.0 Å². The van der Waals surface area contributed by atoms with Crippen LogP contribution in [0.5, 0.6) is 0 Å². The molecule has 0 saturated heterocycles. The van der Waals surface area contributed by atoms with E-state index in [1.807, 2.05) is 19.9 Å². The first-order chi connectivity index (χ1) is 18.2. The molecule has 2 rings (SSSR count). The number of carbonyl (C=O) groups excluding carboxylic acids is 2. The van der Waals surface area contributed by atoms with Gasteiger partial charge in [-0.1, -0.05) is 69.5 Å². The van der Waals surface area contributed by atoms with Crippen molar-refractivity contribution in [2.24, 2.45) is 0 Å². The Balaban J connectivity index is 1.99. The van der Waals surface area contributed by atoms with Crippen molar-refractivity contribution in [3.8, 4) is 0 Å². The van der Waals surface area contributed by atoms with Crippen LogP contribution >= 0.6 is 11.6 Å². The summed E-state index contributed by atoms with van der Waals surface area (Å²) in [5.41, 5.74) is 2.64. The monoisotopic (exact) mass is 564 g/mol. The number of benzene rings is 1. The first kappa shape index (κ1) is 31.7. The molecule has 0 aliphatic carbocycles. The number of pyridine rings is 1. The lowest BCUT2D eigenvalue weighted by Crippen LogP contribution is -2.51. The normalized spacial score (nSPS) is 12.3. The third kappa shape index (κ3) is 10.7. The number of halogens is 1. The molecule has 0 bridgehead atoms. The van der Waals surface area contributed by atoms with E-state index in [1.54, 1.807) is 0 Å². The molecular weight excluding hydrogens is 524 g/mol. The van der Waals surface area contributed by atoms with Gasteiger partial charge < -0.3 is 16.0 Å². The highest BCUT2D eigenvalue weighted by molar-refractivity contribution is 7.92. The Kier molecular flexibility index (Phi) is 13.7. The Hall–Kier alpha value is -2.49. The SMILES string of the molecule is CCCC(CCC)S(=O)(=O)C[C@@H](NC(=O)c1cncc(Cl)c1)C(=O)NCCCNCc1cccc(CC)c1. The molecule has 38 heavy (non-hydrogen) atoms. The summed E-state index contributed by atoms with van der Waals surface area (Å²) < 4.78 is 26.4. The van der Waals surface area contributed by atoms with Crippen molar-refractivity contribution in [1.82, 2.24) is 20.9 Å². The van der Waals surface area contributed by atoms with E-state index in [4.69, 9.17) is 11.6 Å². The van der Waals surface area contributed by atoms with Gasteiger partial charge in [-0.15, -0.1) is 0 Å². The number of rotatable bonds is 17. The van der Waals surface area contributed by atoms with Gasteiger partial charge in [0.05, 0.1) is 21.6 Å². The number of nitrogens with one attached hydrogen (secondary N) is 3. The highest BCUT2D eigenvalue weighted by Crippen LogP contribution is 2.17. The lowest BCUT2D eigenvalue weighted by molar-refractivity contribution is -0.122. The summed E-state index contributed by atoms with van der Waals surface area (Å²) in [6.45, 7) is 7.74. The zero-order valence-electron chi connectivity index (χ0n) is 22.6. The number of nitrogens with zero attached hydrogens (tertiary/aromatic N) is 1. The van der Waals surface area contributed by atoms with Gasteiger partial charge in [-0.3, -0.25) is 14.6 Å². The van der Waals surface area contributed by atoms with Gasteiger partial charge in [-0.05, 0) is 49.4 Å². The van der Waals surface area contributed by atoms with Crippen LogP contribution in [0, 0.1) is 0 Å². The molecule has 10 heteroatoms. The molecule has 0 radical (unpaired) electrons. The Bertz CT molecular complexity index is 1140. The molecule has 0 aliphatic rings. The summed E-state index contributed by atoms with van der Waals surface area (Å²) in [6.07, 6.45) is 6.82. The standard InChI is InChI=1S/C28H41ClN4O4S/c1-4-9-25(10-5-2)38(36,37)20-26(33-27(34)23-16-24(29)19-31-18-23)28(35)32-14-8-13-30-17-22-12-7-11-21(6-3)15-22/h7,11-12,15-16,18-19,25-26,30H,4-6,8-10,13-14,17,20H2,1-3H3,(H,32,35)(H,33,34)/t26-/m1/s1. The Morgan fingerprint density at radius 3 is 2.37 bits per heavy atom. The van der Waals surface area contributed by atoms with Crippen molar-refractivity contribution in [3.05, 3.63) is 64.4 Å². The van der Waals surface area contributed by atoms with Gasteiger partial charge in [0.2, 0.25) is 5.91 Å². The summed E-state index contributed by atoms with van der Waals surface area (Å²) in [5, 5.41) is 8.47. The van der Waals surface area contributed by atoms with Crippen LogP contribution in [0.25, 0.3) is 0 Å². The van der Waals surface area contributed by atoms with E-state index in [-0.39, 0.29) is 10.6 Å². The smallest absolute Gasteiger partial charge is 0.253 e. The first-order valence-corrected chi connectivity index (χ1v) is 15.5. The molecule has 1 heterocycles. The number of hydrogen-bond acceptors (Lipinski definition) is 6. The highest BCUT2D eigenvalue weighted by Gasteiger charge is 2.32. The summed E-state index contributed by atoms with van der Waals surface area (Å²) in [7, 11) is -3.63. The molecule has 1 aromatic heterocycles. The summed E-state index contributed by atoms with van der Waals surface area (Å²) >= 11 is 5.95. The molecule has 0 aliphatic heterocycles. The van der Waals surface area contributed by atoms with Crippen molar-refractivity contribution < 1.29 is 18.0 Å². The molecular formula is C28H41ClN4O4S. The maximum absolute atomic E-state index is 13.2. The molecule has 1 atom stereocenters. The minimum absolute atomic E-state index is 0.155. The van der Waals surface area contributed by atoms with Gasteiger partial charge in [0.1, 0.15) is 6.04 Å². The predicted molar refractivity (Wildman–Crippen MR) is 153 cm³/mol. The Morgan fingerprint density at radius 1 is 1.00 bits per heavy atom. The molecule has 210 valence electrons. The summed E-state index contributed by atoms with van der Waals surface area (Å²) in [6, 6.07) is 8.58.